The van der Waals surface area contributed by atoms with Crippen LogP contribution in [0, 0.1) is 18.3 Å². The summed E-state index contributed by atoms with van der Waals surface area (Å²) in [6.07, 6.45) is 0. The zero-order valence-electron chi connectivity index (χ0n) is 14.3. The fraction of sp³-hybridized carbons (Fsp3) is 0.200. The molecule has 25 heavy (non-hydrogen) atoms. The van der Waals surface area contributed by atoms with Crippen molar-refractivity contribution in [2.24, 2.45) is 0 Å². The Bertz CT molecular complexity index is 878. The number of hydrogen-bond donors (Lipinski definition) is 0. The second kappa shape index (κ2) is 7.65. The van der Waals surface area contributed by atoms with E-state index in [1.165, 1.54) is 0 Å². The highest BCUT2D eigenvalue weighted by molar-refractivity contribution is 5.43. The fourth-order valence-corrected chi connectivity index (χ4v) is 2.64. The van der Waals surface area contributed by atoms with Crippen LogP contribution in [0.3, 0.4) is 0 Å². The van der Waals surface area contributed by atoms with Crippen LogP contribution < -0.4 is 4.74 Å². The Morgan fingerprint density at radius 1 is 1.04 bits per heavy atom. The van der Waals surface area contributed by atoms with E-state index in [1.807, 2.05) is 61.5 Å². The van der Waals surface area contributed by atoms with Crippen LogP contribution in [0.15, 0.2) is 54.6 Å². The van der Waals surface area contributed by atoms with Gasteiger partial charge in [0.15, 0.2) is 0 Å². The van der Waals surface area contributed by atoms with Crippen molar-refractivity contribution < 1.29 is 9.47 Å². The lowest BCUT2D eigenvalue weighted by Crippen LogP contribution is -2.07. The van der Waals surface area contributed by atoms with E-state index in [0.717, 1.165) is 22.7 Å². The van der Waals surface area contributed by atoms with E-state index in [-0.39, 0.29) is 6.61 Å². The van der Waals surface area contributed by atoms with Crippen molar-refractivity contribution >= 4 is 0 Å². The van der Waals surface area contributed by atoms with E-state index >= 15 is 0 Å². The lowest BCUT2D eigenvalue weighted by Gasteiger charge is -2.10. The van der Waals surface area contributed by atoms with E-state index < -0.39 is 0 Å². The molecule has 0 aliphatic carbocycles. The largest absolute Gasteiger partial charge is 0.487 e. The van der Waals surface area contributed by atoms with Crippen LogP contribution in [0.4, 0.5) is 0 Å². The van der Waals surface area contributed by atoms with E-state index in [2.05, 4.69) is 11.2 Å². The summed E-state index contributed by atoms with van der Waals surface area (Å²) in [6.45, 7) is 2.67. The van der Waals surface area contributed by atoms with Gasteiger partial charge in [-0.05, 0) is 36.8 Å². The molecule has 126 valence electrons. The normalized spacial score (nSPS) is 10.4. The number of benzene rings is 2. The number of aryl methyl sites for hydroxylation is 1. The molecule has 0 radical (unpaired) electrons. The minimum Gasteiger partial charge on any atom is -0.487 e. The molecule has 0 bridgehead atoms. The minimum absolute atomic E-state index is 0.266. The number of nitrogens with zero attached hydrogens (tertiary/aromatic N) is 3. The van der Waals surface area contributed by atoms with E-state index in [9.17, 15) is 5.26 Å². The molecule has 1 aromatic heterocycles. The van der Waals surface area contributed by atoms with Crippen molar-refractivity contribution in [2.75, 3.05) is 7.11 Å². The molecule has 0 fully saturated rings. The van der Waals surface area contributed by atoms with Gasteiger partial charge in [-0.1, -0.05) is 30.3 Å². The van der Waals surface area contributed by atoms with Crippen molar-refractivity contribution in [3.8, 4) is 17.5 Å². The summed E-state index contributed by atoms with van der Waals surface area (Å²) in [7, 11) is 1.67. The number of nitriles is 1. The second-order valence-electron chi connectivity index (χ2n) is 5.63. The number of methoxy groups -OCH3 is 1. The third-order valence-electron chi connectivity index (χ3n) is 3.88. The number of rotatable bonds is 6. The molecule has 0 saturated heterocycles. The van der Waals surface area contributed by atoms with Gasteiger partial charge in [-0.3, -0.25) is 0 Å². The molecule has 5 heteroatoms. The Hall–Kier alpha value is -3.10. The first-order valence-corrected chi connectivity index (χ1v) is 7.97. The zero-order valence-corrected chi connectivity index (χ0v) is 14.3. The highest BCUT2D eigenvalue weighted by Crippen LogP contribution is 2.21. The minimum atomic E-state index is 0.266. The molecule has 2 aromatic carbocycles. The van der Waals surface area contributed by atoms with Crippen LogP contribution in [0.25, 0.3) is 5.69 Å². The zero-order chi connectivity index (χ0) is 17.6. The summed E-state index contributed by atoms with van der Waals surface area (Å²) in [5.74, 6) is 0.738. The summed E-state index contributed by atoms with van der Waals surface area (Å²) in [5.41, 5.74) is 3.98. The number of aromatic nitrogens is 2. The summed E-state index contributed by atoms with van der Waals surface area (Å²) in [6, 6.07) is 19.7. The Morgan fingerprint density at radius 3 is 2.40 bits per heavy atom. The Labute approximate surface area is 147 Å². The van der Waals surface area contributed by atoms with Crippen LogP contribution in [0.5, 0.6) is 5.75 Å². The quantitative estimate of drug-likeness (QED) is 0.689. The molecule has 0 spiro atoms. The lowest BCUT2D eigenvalue weighted by molar-refractivity contribution is 0.185. The van der Waals surface area contributed by atoms with Crippen molar-refractivity contribution in [3.63, 3.8) is 0 Å². The van der Waals surface area contributed by atoms with Crippen molar-refractivity contribution in [1.82, 2.24) is 9.78 Å². The van der Waals surface area contributed by atoms with Crippen molar-refractivity contribution in [1.29, 1.82) is 5.26 Å². The Kier molecular flexibility index (Phi) is 5.12. The molecular formula is C20H19N3O2. The number of hydrogen-bond acceptors (Lipinski definition) is 4. The first kappa shape index (κ1) is 16.7. The van der Waals surface area contributed by atoms with Crippen LogP contribution in [0.1, 0.15) is 22.5 Å². The lowest BCUT2D eigenvalue weighted by atomic mass is 10.2. The maximum absolute atomic E-state index is 9.48. The van der Waals surface area contributed by atoms with Gasteiger partial charge in [0, 0.05) is 7.11 Å². The van der Waals surface area contributed by atoms with E-state index in [0.29, 0.717) is 17.9 Å². The second-order valence-corrected chi connectivity index (χ2v) is 5.63. The summed E-state index contributed by atoms with van der Waals surface area (Å²) in [4.78, 5) is 0. The average molecular weight is 333 g/mol. The van der Waals surface area contributed by atoms with Crippen LogP contribution in [-0.4, -0.2) is 16.9 Å². The van der Waals surface area contributed by atoms with Gasteiger partial charge in [0.1, 0.15) is 24.0 Å². The average Bonchev–Trinajstić information content (AvgIpc) is 2.97. The van der Waals surface area contributed by atoms with Gasteiger partial charge >= 0.3 is 0 Å². The molecule has 0 atom stereocenters. The van der Waals surface area contributed by atoms with E-state index in [1.54, 1.807) is 11.8 Å². The molecule has 0 amide bonds. The predicted octanol–water partition coefficient (Wildman–Crippen LogP) is 3.78. The maximum Gasteiger partial charge on any atom is 0.132 e. The molecule has 3 rings (SSSR count). The maximum atomic E-state index is 9.48. The molecule has 1 heterocycles. The van der Waals surface area contributed by atoms with Crippen LogP contribution in [-0.2, 0) is 18.0 Å². The highest BCUT2D eigenvalue weighted by atomic mass is 16.5. The fourth-order valence-electron chi connectivity index (χ4n) is 2.64. The summed E-state index contributed by atoms with van der Waals surface area (Å²) in [5, 5.41) is 14.0. The first-order valence-electron chi connectivity index (χ1n) is 7.97. The highest BCUT2D eigenvalue weighted by Gasteiger charge is 2.16. The Balaban J connectivity index is 1.85. The molecule has 3 aromatic rings. The predicted molar refractivity (Wildman–Crippen MR) is 94.5 cm³/mol. The number of para-hydroxylation sites is 1. The molecule has 0 aliphatic heterocycles. The molecular weight excluding hydrogens is 314 g/mol. The van der Waals surface area contributed by atoms with E-state index in [4.69, 9.17) is 9.47 Å². The van der Waals surface area contributed by atoms with Gasteiger partial charge in [-0.25, -0.2) is 4.68 Å². The molecule has 0 N–H and O–H groups in total. The summed E-state index contributed by atoms with van der Waals surface area (Å²) >= 11 is 0. The van der Waals surface area contributed by atoms with Gasteiger partial charge in [0.05, 0.1) is 23.7 Å². The smallest absolute Gasteiger partial charge is 0.132 e. The third kappa shape index (κ3) is 3.70. The molecule has 0 unspecified atom stereocenters. The van der Waals surface area contributed by atoms with Crippen molar-refractivity contribution in [2.45, 2.75) is 20.1 Å². The first-order chi connectivity index (χ1) is 12.2. The van der Waals surface area contributed by atoms with Gasteiger partial charge in [-0.15, -0.1) is 0 Å². The molecule has 0 saturated carbocycles. The van der Waals surface area contributed by atoms with Gasteiger partial charge < -0.3 is 9.47 Å². The van der Waals surface area contributed by atoms with Crippen molar-refractivity contribution in [3.05, 3.63) is 77.1 Å². The summed E-state index contributed by atoms with van der Waals surface area (Å²) < 4.78 is 12.8. The monoisotopic (exact) mass is 333 g/mol. The van der Waals surface area contributed by atoms with Crippen LogP contribution in [0.2, 0.25) is 0 Å². The van der Waals surface area contributed by atoms with Crippen LogP contribution >= 0.6 is 0 Å². The Morgan fingerprint density at radius 2 is 1.76 bits per heavy atom. The van der Waals surface area contributed by atoms with Gasteiger partial charge in [0.25, 0.3) is 0 Å². The SMILES string of the molecule is COCc1ccc(OCc2c(C#N)c(C)nn2-c2ccccc2)cc1. The van der Waals surface area contributed by atoms with Gasteiger partial charge in [0.2, 0.25) is 0 Å². The number of ether oxygens (including phenoxy) is 2. The molecule has 5 nitrogen and oxygen atoms in total. The standard InChI is InChI=1S/C20H19N3O2/c1-15-19(12-21)20(23(22-15)17-6-4-3-5-7-17)14-25-18-10-8-16(9-11-18)13-24-2/h3-11H,13-14H2,1-2H3. The topological polar surface area (TPSA) is 60.1 Å². The van der Waals surface area contributed by atoms with Gasteiger partial charge in [-0.2, -0.15) is 10.4 Å². The third-order valence-corrected chi connectivity index (χ3v) is 3.88. The molecule has 0 aliphatic rings.